The summed E-state index contributed by atoms with van der Waals surface area (Å²) in [6.07, 6.45) is 1.61. The van der Waals surface area contributed by atoms with Crippen molar-refractivity contribution in [2.45, 2.75) is 0 Å². The molecule has 0 atom stereocenters. The van der Waals surface area contributed by atoms with Crippen molar-refractivity contribution >= 4 is 22.5 Å². The Balaban J connectivity index is 2.45. The third-order valence-corrected chi connectivity index (χ3v) is 2.89. The number of aromatic nitrogens is 2. The highest BCUT2D eigenvalue weighted by Gasteiger charge is 2.12. The molecular weight excluding hydrogens is 232 g/mol. The lowest BCUT2D eigenvalue weighted by molar-refractivity contribution is 0.0601. The number of nitrogens with one attached hydrogen (secondary N) is 1. The van der Waals surface area contributed by atoms with Crippen LogP contribution in [0.1, 0.15) is 10.4 Å². The minimum Gasteiger partial charge on any atom is -0.465 e. The van der Waals surface area contributed by atoms with Crippen LogP contribution in [0.5, 0.6) is 0 Å². The number of hydrogen-bond acceptors (Lipinski definition) is 3. The van der Waals surface area contributed by atoms with E-state index in [-0.39, 0.29) is 5.56 Å². The van der Waals surface area contributed by atoms with Gasteiger partial charge >= 0.3 is 5.97 Å². The van der Waals surface area contributed by atoms with Crippen molar-refractivity contribution in [2.75, 3.05) is 7.11 Å². The van der Waals surface area contributed by atoms with Gasteiger partial charge in [0.1, 0.15) is 5.52 Å². The number of ether oxygens (including phenoxy) is 1. The van der Waals surface area contributed by atoms with Gasteiger partial charge in [0.05, 0.1) is 23.7 Å². The van der Waals surface area contributed by atoms with Gasteiger partial charge in [-0.2, -0.15) is 0 Å². The van der Waals surface area contributed by atoms with Crippen LogP contribution in [-0.4, -0.2) is 22.5 Å². The summed E-state index contributed by atoms with van der Waals surface area (Å²) in [6, 6.07) is 8.93. The number of hydrogen-bond donors (Lipinski definition) is 1. The molecule has 2 aromatic heterocycles. The van der Waals surface area contributed by atoms with Crippen molar-refractivity contribution < 1.29 is 9.53 Å². The van der Waals surface area contributed by atoms with E-state index in [9.17, 15) is 9.59 Å². The number of esters is 1. The Bertz CT molecular complexity index is 814. The number of carbonyl (C=O) groups excluding carboxylic acids is 1. The maximum Gasteiger partial charge on any atom is 0.339 e. The van der Waals surface area contributed by atoms with Gasteiger partial charge in [-0.1, -0.05) is 12.1 Å². The summed E-state index contributed by atoms with van der Waals surface area (Å²) < 4.78 is 6.35. The predicted octanol–water partition coefficient (Wildman–Crippen LogP) is 1.57. The summed E-state index contributed by atoms with van der Waals surface area (Å²) in [7, 11) is 1.31. The van der Waals surface area contributed by atoms with Crippen molar-refractivity contribution in [3.63, 3.8) is 0 Å². The summed E-state index contributed by atoms with van der Waals surface area (Å²) in [5.41, 5.74) is 2.11. The molecule has 0 fully saturated rings. The van der Waals surface area contributed by atoms with Gasteiger partial charge in [0.25, 0.3) is 5.56 Å². The van der Waals surface area contributed by atoms with E-state index in [1.807, 2.05) is 24.3 Å². The van der Waals surface area contributed by atoms with Gasteiger partial charge in [-0.3, -0.25) is 4.79 Å². The molecule has 90 valence electrons. The molecule has 0 aliphatic rings. The number of rotatable bonds is 1. The van der Waals surface area contributed by atoms with Gasteiger partial charge in [0.2, 0.25) is 0 Å². The minimum absolute atomic E-state index is 0.233. The molecular formula is C13H10N2O3. The minimum atomic E-state index is -0.456. The highest BCUT2D eigenvalue weighted by molar-refractivity contribution is 5.92. The van der Waals surface area contributed by atoms with Gasteiger partial charge in [-0.05, 0) is 18.2 Å². The van der Waals surface area contributed by atoms with Crippen LogP contribution in [0.3, 0.4) is 0 Å². The molecule has 0 unspecified atom stereocenters. The average Bonchev–Trinajstić information content (AvgIpc) is 2.84. The van der Waals surface area contributed by atoms with Crippen molar-refractivity contribution in [3.05, 3.63) is 52.4 Å². The lowest BCUT2D eigenvalue weighted by Gasteiger charge is -2.01. The zero-order valence-electron chi connectivity index (χ0n) is 9.64. The van der Waals surface area contributed by atoms with Gasteiger partial charge < -0.3 is 14.1 Å². The number of carbonyl (C=O) groups is 1. The molecule has 0 radical (unpaired) electrons. The summed E-state index contributed by atoms with van der Waals surface area (Å²) in [5.74, 6) is -0.456. The molecule has 0 saturated heterocycles. The maximum atomic E-state index is 11.9. The second kappa shape index (κ2) is 3.73. The summed E-state index contributed by atoms with van der Waals surface area (Å²) in [5, 5.41) is 0. The van der Waals surface area contributed by atoms with Crippen LogP contribution in [0.2, 0.25) is 0 Å². The maximum absolute atomic E-state index is 11.9. The molecule has 1 N–H and O–H groups in total. The molecule has 18 heavy (non-hydrogen) atoms. The van der Waals surface area contributed by atoms with Crippen LogP contribution in [0.4, 0.5) is 0 Å². The van der Waals surface area contributed by atoms with E-state index in [4.69, 9.17) is 0 Å². The van der Waals surface area contributed by atoms with Crippen molar-refractivity contribution in [3.8, 4) is 0 Å². The quantitative estimate of drug-likeness (QED) is 0.659. The van der Waals surface area contributed by atoms with E-state index in [0.29, 0.717) is 11.1 Å². The Morgan fingerprint density at radius 2 is 2.06 bits per heavy atom. The second-order valence-corrected chi connectivity index (χ2v) is 3.95. The number of nitrogens with zero attached hydrogens (tertiary/aromatic N) is 1. The monoisotopic (exact) mass is 242 g/mol. The van der Waals surface area contributed by atoms with E-state index in [1.54, 1.807) is 10.6 Å². The molecule has 0 saturated carbocycles. The van der Waals surface area contributed by atoms with E-state index in [2.05, 4.69) is 9.72 Å². The highest BCUT2D eigenvalue weighted by Crippen LogP contribution is 2.15. The molecule has 0 aliphatic carbocycles. The molecule has 3 rings (SSSR count). The Morgan fingerprint density at radius 1 is 1.28 bits per heavy atom. The third kappa shape index (κ3) is 1.41. The zero-order chi connectivity index (χ0) is 12.7. The molecule has 5 nitrogen and oxygen atoms in total. The number of fused-ring (bicyclic) bond motifs is 3. The Labute approximate surface area is 102 Å². The van der Waals surface area contributed by atoms with Gasteiger partial charge in [0, 0.05) is 6.20 Å². The van der Waals surface area contributed by atoms with Crippen LogP contribution in [0.15, 0.2) is 41.3 Å². The standard InChI is InChI=1S/C13H10N2O3/c1-18-13(17)8-6-11-12(16)14-9-4-2-3-5-10(9)15(11)7-8/h2-7H,1H3,(H,14,16). The molecule has 0 bridgehead atoms. The van der Waals surface area contributed by atoms with Crippen molar-refractivity contribution in [2.24, 2.45) is 0 Å². The largest absolute Gasteiger partial charge is 0.465 e. The molecule has 1 aromatic carbocycles. The first-order chi connectivity index (χ1) is 8.70. The first-order valence-corrected chi connectivity index (χ1v) is 5.42. The van der Waals surface area contributed by atoms with Crippen LogP contribution in [0, 0.1) is 0 Å². The summed E-state index contributed by atoms with van der Waals surface area (Å²) in [4.78, 5) is 26.1. The lowest BCUT2D eigenvalue weighted by atomic mass is 10.3. The third-order valence-electron chi connectivity index (χ3n) is 2.89. The molecule has 2 heterocycles. The Kier molecular flexibility index (Phi) is 2.19. The summed E-state index contributed by atoms with van der Waals surface area (Å²) in [6.45, 7) is 0. The lowest BCUT2D eigenvalue weighted by Crippen LogP contribution is -2.09. The van der Waals surface area contributed by atoms with Gasteiger partial charge in [-0.15, -0.1) is 0 Å². The second-order valence-electron chi connectivity index (χ2n) is 3.95. The molecule has 5 heteroatoms. The van der Waals surface area contributed by atoms with E-state index in [1.165, 1.54) is 13.2 Å². The number of aromatic amines is 1. The van der Waals surface area contributed by atoms with Crippen LogP contribution in [0.25, 0.3) is 16.6 Å². The normalized spacial score (nSPS) is 10.9. The molecule has 0 spiro atoms. The Hall–Kier alpha value is -2.56. The number of H-pyrrole nitrogens is 1. The van der Waals surface area contributed by atoms with E-state index in [0.717, 1.165) is 11.0 Å². The van der Waals surface area contributed by atoms with Crippen molar-refractivity contribution in [1.29, 1.82) is 0 Å². The van der Waals surface area contributed by atoms with E-state index >= 15 is 0 Å². The number of benzene rings is 1. The fourth-order valence-corrected chi connectivity index (χ4v) is 2.04. The molecule has 0 amide bonds. The van der Waals surface area contributed by atoms with Gasteiger partial charge in [0.15, 0.2) is 0 Å². The van der Waals surface area contributed by atoms with E-state index < -0.39 is 5.97 Å². The van der Waals surface area contributed by atoms with Gasteiger partial charge in [-0.25, -0.2) is 4.79 Å². The van der Waals surface area contributed by atoms with Crippen LogP contribution >= 0.6 is 0 Å². The van der Waals surface area contributed by atoms with Crippen LogP contribution < -0.4 is 5.56 Å². The first-order valence-electron chi connectivity index (χ1n) is 5.42. The average molecular weight is 242 g/mol. The molecule has 0 aliphatic heterocycles. The molecule has 3 aromatic rings. The Morgan fingerprint density at radius 3 is 2.83 bits per heavy atom. The number of para-hydroxylation sites is 2. The SMILES string of the molecule is COC(=O)c1cc2c(=O)[nH]c3ccccc3n2c1. The fourth-order valence-electron chi connectivity index (χ4n) is 2.04. The predicted molar refractivity (Wildman–Crippen MR) is 66.9 cm³/mol. The number of methoxy groups -OCH3 is 1. The smallest absolute Gasteiger partial charge is 0.339 e. The summed E-state index contributed by atoms with van der Waals surface area (Å²) >= 11 is 0. The highest BCUT2D eigenvalue weighted by atomic mass is 16.5. The van der Waals surface area contributed by atoms with Crippen molar-refractivity contribution in [1.82, 2.24) is 9.38 Å². The van der Waals surface area contributed by atoms with Crippen LogP contribution in [-0.2, 0) is 4.74 Å². The topological polar surface area (TPSA) is 63.6 Å². The fraction of sp³-hybridized carbons (Fsp3) is 0.0769. The first kappa shape index (κ1) is 10.6. The zero-order valence-corrected chi connectivity index (χ0v) is 9.64.